The van der Waals surface area contributed by atoms with Gasteiger partial charge in [0.15, 0.2) is 0 Å². The van der Waals surface area contributed by atoms with Gasteiger partial charge >= 0.3 is 0 Å². The van der Waals surface area contributed by atoms with E-state index in [9.17, 15) is 4.79 Å². The summed E-state index contributed by atoms with van der Waals surface area (Å²) in [5.74, 6) is 10.0. The first-order chi connectivity index (χ1) is 5.60. The maximum atomic E-state index is 10.6. The highest BCUT2D eigenvalue weighted by atomic mass is 16.2. The molecule has 1 amide bonds. The van der Waals surface area contributed by atoms with Crippen LogP contribution in [0, 0.1) is 0 Å². The van der Waals surface area contributed by atoms with E-state index in [2.05, 4.69) is 5.10 Å². The molecule has 7 nitrogen and oxygen atoms in total. The first kappa shape index (κ1) is 10.7. The number of hydrazine groups is 2. The lowest BCUT2D eigenvalue weighted by Gasteiger charge is -2.11. The number of hydrogen-bond acceptors (Lipinski definition) is 5. The Morgan fingerprint density at radius 3 is 2.67 bits per heavy atom. The van der Waals surface area contributed by atoms with E-state index >= 15 is 0 Å². The molecule has 70 valence electrons. The van der Waals surface area contributed by atoms with Crippen molar-refractivity contribution in [3.63, 3.8) is 0 Å². The lowest BCUT2D eigenvalue weighted by Crippen LogP contribution is -2.41. The molecule has 12 heavy (non-hydrogen) atoms. The number of nitrogens with two attached hydrogens (primary N) is 3. The fourth-order valence-electron chi connectivity index (χ4n) is 0.464. The van der Waals surface area contributed by atoms with Crippen molar-refractivity contribution < 1.29 is 4.79 Å². The third-order valence-corrected chi connectivity index (χ3v) is 1.09. The molecule has 0 atom stereocenters. The van der Waals surface area contributed by atoms with Crippen molar-refractivity contribution >= 4 is 11.7 Å². The maximum Gasteiger partial charge on any atom is 0.256 e. The predicted molar refractivity (Wildman–Crippen MR) is 45.1 cm³/mol. The second-order valence-electron chi connectivity index (χ2n) is 2.11. The van der Waals surface area contributed by atoms with Crippen molar-refractivity contribution in [1.82, 2.24) is 10.5 Å². The molecule has 0 heterocycles. The molecule has 7 N–H and O–H groups in total. The molecule has 0 aromatic heterocycles. The van der Waals surface area contributed by atoms with Gasteiger partial charge in [0.1, 0.15) is 12.4 Å². The highest BCUT2D eigenvalue weighted by Crippen LogP contribution is 1.82. The zero-order valence-corrected chi connectivity index (χ0v) is 6.95. The summed E-state index contributed by atoms with van der Waals surface area (Å²) in [6, 6.07) is 0. The van der Waals surface area contributed by atoms with Crippen LogP contribution in [0.5, 0.6) is 0 Å². The van der Waals surface area contributed by atoms with E-state index in [0.29, 0.717) is 12.3 Å². The van der Waals surface area contributed by atoms with E-state index in [1.807, 2.05) is 12.3 Å². The van der Waals surface area contributed by atoms with Gasteiger partial charge in [0.2, 0.25) is 0 Å². The van der Waals surface area contributed by atoms with Crippen molar-refractivity contribution in [3.05, 3.63) is 0 Å². The summed E-state index contributed by atoms with van der Waals surface area (Å²) in [5.41, 5.74) is 7.27. The van der Waals surface area contributed by atoms with Crippen LogP contribution in [0.3, 0.4) is 0 Å². The average molecular weight is 174 g/mol. The summed E-state index contributed by atoms with van der Waals surface area (Å²) in [5, 5.41) is 4.60. The lowest BCUT2D eigenvalue weighted by atomic mass is 10.5. The van der Waals surface area contributed by atoms with Gasteiger partial charge in [-0.2, -0.15) is 0 Å². The zero-order valence-electron chi connectivity index (χ0n) is 6.95. The number of carbonyl (C=O) groups is 1. The van der Waals surface area contributed by atoms with E-state index in [0.717, 1.165) is 5.12 Å². The zero-order chi connectivity index (χ0) is 9.56. The lowest BCUT2D eigenvalue weighted by molar-refractivity contribution is -0.122. The number of rotatable bonds is 4. The molecule has 0 aromatic carbocycles. The van der Waals surface area contributed by atoms with Gasteiger partial charge in [-0.3, -0.25) is 10.2 Å². The van der Waals surface area contributed by atoms with Crippen molar-refractivity contribution in [3.8, 4) is 0 Å². The SMILES string of the molecule is CC/C(N)=N/N(N)CC(=O)NN. The van der Waals surface area contributed by atoms with Crippen LogP contribution in [-0.2, 0) is 4.79 Å². The summed E-state index contributed by atoms with van der Waals surface area (Å²) in [6.45, 7) is 1.72. The van der Waals surface area contributed by atoms with Crippen LogP contribution in [0.4, 0.5) is 0 Å². The second-order valence-corrected chi connectivity index (χ2v) is 2.11. The summed E-state index contributed by atoms with van der Waals surface area (Å²) in [6.07, 6.45) is 0.581. The number of carbonyl (C=O) groups excluding carboxylic acids is 1. The van der Waals surface area contributed by atoms with Crippen LogP contribution >= 0.6 is 0 Å². The minimum absolute atomic E-state index is 0.114. The summed E-state index contributed by atoms with van der Waals surface area (Å²) in [4.78, 5) is 10.6. The van der Waals surface area contributed by atoms with Crippen LogP contribution in [0.25, 0.3) is 0 Å². The number of nitrogens with one attached hydrogen (secondary N) is 1. The van der Waals surface area contributed by atoms with Crippen LogP contribution in [-0.4, -0.2) is 23.4 Å². The van der Waals surface area contributed by atoms with Gasteiger partial charge in [-0.15, -0.1) is 5.10 Å². The number of amidine groups is 1. The Morgan fingerprint density at radius 2 is 2.25 bits per heavy atom. The number of nitrogens with zero attached hydrogens (tertiary/aromatic N) is 2. The monoisotopic (exact) mass is 174 g/mol. The Balaban J connectivity index is 3.88. The third kappa shape index (κ3) is 4.47. The van der Waals surface area contributed by atoms with E-state index in [4.69, 9.17) is 17.4 Å². The van der Waals surface area contributed by atoms with Crippen molar-refractivity contribution in [2.75, 3.05) is 6.54 Å². The Morgan fingerprint density at radius 1 is 1.67 bits per heavy atom. The van der Waals surface area contributed by atoms with Gasteiger partial charge in [-0.1, -0.05) is 6.92 Å². The Labute approximate surface area is 70.5 Å². The van der Waals surface area contributed by atoms with Gasteiger partial charge in [-0.05, 0) is 0 Å². The number of hydrazone groups is 1. The topological polar surface area (TPSA) is 123 Å². The van der Waals surface area contributed by atoms with E-state index in [1.165, 1.54) is 0 Å². The molecule has 0 aliphatic heterocycles. The van der Waals surface area contributed by atoms with Gasteiger partial charge < -0.3 is 5.73 Å². The molecule has 0 aromatic rings. The van der Waals surface area contributed by atoms with Crippen LogP contribution in [0.15, 0.2) is 5.10 Å². The molecule has 0 bridgehead atoms. The van der Waals surface area contributed by atoms with Crippen molar-refractivity contribution in [1.29, 1.82) is 0 Å². The van der Waals surface area contributed by atoms with Crippen LogP contribution in [0.2, 0.25) is 0 Å². The molecule has 0 aliphatic rings. The molecule has 0 aliphatic carbocycles. The molecule has 0 unspecified atom stereocenters. The molecule has 0 saturated carbocycles. The summed E-state index contributed by atoms with van der Waals surface area (Å²) in [7, 11) is 0. The molecular weight excluding hydrogens is 160 g/mol. The highest BCUT2D eigenvalue weighted by molar-refractivity contribution is 5.80. The molecule has 0 saturated heterocycles. The largest absolute Gasteiger partial charge is 0.386 e. The minimum Gasteiger partial charge on any atom is -0.386 e. The minimum atomic E-state index is -0.426. The number of amides is 1. The molecule has 0 fully saturated rings. The molecule has 0 spiro atoms. The van der Waals surface area contributed by atoms with Gasteiger partial charge in [-0.25, -0.2) is 16.8 Å². The Bertz CT molecular complexity index is 179. The van der Waals surface area contributed by atoms with Gasteiger partial charge in [0.25, 0.3) is 5.91 Å². The molecule has 0 radical (unpaired) electrons. The van der Waals surface area contributed by atoms with Crippen LogP contribution in [0.1, 0.15) is 13.3 Å². The summed E-state index contributed by atoms with van der Waals surface area (Å²) >= 11 is 0. The highest BCUT2D eigenvalue weighted by Gasteiger charge is 2.02. The predicted octanol–water partition coefficient (Wildman–Crippen LogP) is -2.17. The fraction of sp³-hybridized carbons (Fsp3) is 0.600. The molecule has 7 heteroatoms. The Kier molecular flexibility index (Phi) is 4.73. The maximum absolute atomic E-state index is 10.6. The Hall–Kier alpha value is -1.34. The van der Waals surface area contributed by atoms with Crippen LogP contribution < -0.4 is 22.8 Å². The van der Waals surface area contributed by atoms with E-state index in [-0.39, 0.29) is 6.54 Å². The smallest absolute Gasteiger partial charge is 0.256 e. The molecule has 0 rings (SSSR count). The first-order valence-electron chi connectivity index (χ1n) is 3.44. The third-order valence-electron chi connectivity index (χ3n) is 1.09. The normalized spacial score (nSPS) is 11.1. The quantitative estimate of drug-likeness (QED) is 0.127. The van der Waals surface area contributed by atoms with Gasteiger partial charge in [0.05, 0.1) is 0 Å². The van der Waals surface area contributed by atoms with Gasteiger partial charge in [0, 0.05) is 6.42 Å². The average Bonchev–Trinajstić information content (AvgIpc) is 2.03. The fourth-order valence-corrected chi connectivity index (χ4v) is 0.464. The van der Waals surface area contributed by atoms with Crippen molar-refractivity contribution in [2.45, 2.75) is 13.3 Å². The second kappa shape index (κ2) is 5.33. The standard InChI is InChI=1S/C5H14N6O/c1-2-4(6)10-11(8)3-5(12)9-7/h2-3,7-8H2,1H3,(H2,6,10)(H,9,12). The van der Waals surface area contributed by atoms with E-state index in [1.54, 1.807) is 0 Å². The number of hydrogen-bond donors (Lipinski definition) is 4. The van der Waals surface area contributed by atoms with Crippen molar-refractivity contribution in [2.24, 2.45) is 22.5 Å². The first-order valence-corrected chi connectivity index (χ1v) is 3.44. The van der Waals surface area contributed by atoms with E-state index < -0.39 is 5.91 Å². The molecular formula is C5H14N6O. The summed E-state index contributed by atoms with van der Waals surface area (Å²) < 4.78 is 0.